The number of carbonyl (C=O) groups is 1. The molecular weight excluding hydrogens is 458 g/mol. The maximum atomic E-state index is 11.7. The maximum Gasteiger partial charge on any atom is 0.120 e. The molecule has 216 valence electrons. The molecule has 0 spiro atoms. The van der Waals surface area contributed by atoms with Gasteiger partial charge in [0.15, 0.2) is 0 Å². The Morgan fingerprint density at radius 2 is 1.62 bits per heavy atom. The Morgan fingerprint density at radius 3 is 2.22 bits per heavy atom. The van der Waals surface area contributed by atoms with Gasteiger partial charge in [0.1, 0.15) is 6.29 Å². The summed E-state index contributed by atoms with van der Waals surface area (Å²) in [4.78, 5) is 11.0. The molecule has 4 aliphatic rings. The quantitative estimate of drug-likeness (QED) is 0.283. The first-order chi connectivity index (χ1) is 17.6. The van der Waals surface area contributed by atoms with Crippen LogP contribution >= 0.6 is 0 Å². The van der Waals surface area contributed by atoms with E-state index in [2.05, 4.69) is 53.8 Å². The van der Waals surface area contributed by atoms with E-state index in [1.807, 2.05) is 0 Å². The molecule has 11 unspecified atom stereocenters. The Bertz CT molecular complexity index is 708. The molecule has 4 saturated carbocycles. The van der Waals surface area contributed by atoms with Gasteiger partial charge >= 0.3 is 0 Å². The first-order valence-corrected chi connectivity index (χ1v) is 16.2. The van der Waals surface area contributed by atoms with Crippen LogP contribution in [0.25, 0.3) is 0 Å². The molecule has 4 heteroatoms. The van der Waals surface area contributed by atoms with E-state index in [0.717, 1.165) is 38.4 Å². The van der Waals surface area contributed by atoms with E-state index < -0.39 is 0 Å². The number of hydrogen-bond acceptors (Lipinski definition) is 4. The molecule has 0 radical (unpaired) electrons. The summed E-state index contributed by atoms with van der Waals surface area (Å²) < 4.78 is 0. The molecule has 0 aromatic heterocycles. The van der Waals surface area contributed by atoms with Gasteiger partial charge in [-0.05, 0) is 111 Å². The maximum absolute atomic E-state index is 11.7. The lowest BCUT2D eigenvalue weighted by Crippen LogP contribution is -2.63. The number of fused-ring (bicyclic) bond motifs is 5. The molecule has 4 fully saturated rings. The zero-order chi connectivity index (χ0) is 27.4. The Kier molecular flexibility index (Phi) is 11.1. The third-order valence-corrected chi connectivity index (χ3v) is 12.2. The van der Waals surface area contributed by atoms with Crippen LogP contribution in [-0.2, 0) is 4.79 Å². The first-order valence-electron chi connectivity index (χ1n) is 16.2. The zero-order valence-corrected chi connectivity index (χ0v) is 25.3. The van der Waals surface area contributed by atoms with Crippen LogP contribution in [0.1, 0.15) is 132 Å². The highest BCUT2D eigenvalue weighted by Crippen LogP contribution is 2.68. The molecule has 11 atom stereocenters. The molecule has 37 heavy (non-hydrogen) atoms. The molecule has 0 saturated heterocycles. The third-order valence-electron chi connectivity index (χ3n) is 12.2. The standard InChI is InChI=1S/C29H51NO3.C4H10/c1-6-20(7-2)30-21-12-13-28(4)19(15-21)16-25(32)27-23-11-10-22(18(3)9-8-14-31)29(23,5)26(33)17-24(27)28;1-3-4-2/h14,18-27,30,32-33H,6-13,15-17H2,1-5H3;3-4H2,1-2H3. The minimum Gasteiger partial charge on any atom is -0.393 e. The smallest absolute Gasteiger partial charge is 0.120 e. The third kappa shape index (κ3) is 6.02. The van der Waals surface area contributed by atoms with E-state index in [-0.39, 0.29) is 23.0 Å². The number of aldehydes is 1. The topological polar surface area (TPSA) is 69.6 Å². The van der Waals surface area contributed by atoms with Gasteiger partial charge in [-0.25, -0.2) is 0 Å². The second kappa shape index (κ2) is 13.3. The highest BCUT2D eigenvalue weighted by atomic mass is 16.3. The Hall–Kier alpha value is -0.450. The number of aliphatic hydroxyl groups excluding tert-OH is 2. The predicted octanol–water partition coefficient (Wildman–Crippen LogP) is 7.16. The number of carbonyl (C=O) groups excluding carboxylic acids is 1. The lowest BCUT2D eigenvalue weighted by atomic mass is 9.43. The van der Waals surface area contributed by atoms with Gasteiger partial charge in [-0.2, -0.15) is 0 Å². The number of aliphatic hydroxyl groups is 2. The van der Waals surface area contributed by atoms with Gasteiger partial charge < -0.3 is 20.3 Å². The van der Waals surface area contributed by atoms with E-state index in [0.29, 0.717) is 54.0 Å². The van der Waals surface area contributed by atoms with Gasteiger partial charge in [0.25, 0.3) is 0 Å². The van der Waals surface area contributed by atoms with E-state index >= 15 is 0 Å². The van der Waals surface area contributed by atoms with Crippen molar-refractivity contribution in [3.63, 3.8) is 0 Å². The van der Waals surface area contributed by atoms with Crippen molar-refractivity contribution < 1.29 is 15.0 Å². The highest BCUT2D eigenvalue weighted by Gasteiger charge is 2.65. The van der Waals surface area contributed by atoms with E-state index in [1.165, 1.54) is 44.9 Å². The first kappa shape index (κ1) is 31.1. The van der Waals surface area contributed by atoms with E-state index in [4.69, 9.17) is 0 Å². The van der Waals surface area contributed by atoms with Crippen LogP contribution in [-0.4, -0.2) is 40.8 Å². The average molecular weight is 520 g/mol. The second-order valence-corrected chi connectivity index (χ2v) is 14.0. The van der Waals surface area contributed by atoms with E-state index in [9.17, 15) is 15.0 Å². The monoisotopic (exact) mass is 519 g/mol. The molecular formula is C33H61NO3. The molecule has 0 aromatic rings. The fourth-order valence-electron chi connectivity index (χ4n) is 9.70. The number of hydrogen-bond donors (Lipinski definition) is 3. The van der Waals surface area contributed by atoms with Crippen LogP contribution in [0, 0.1) is 46.3 Å². The van der Waals surface area contributed by atoms with Crippen LogP contribution in [0.4, 0.5) is 0 Å². The van der Waals surface area contributed by atoms with Crippen molar-refractivity contribution in [2.24, 2.45) is 46.3 Å². The summed E-state index contributed by atoms with van der Waals surface area (Å²) in [6.45, 7) is 16.0. The van der Waals surface area contributed by atoms with Crippen molar-refractivity contribution in [1.82, 2.24) is 5.32 Å². The normalized spacial score (nSPS) is 43.7. The summed E-state index contributed by atoms with van der Waals surface area (Å²) in [5.74, 6) is 2.62. The van der Waals surface area contributed by atoms with Crippen molar-refractivity contribution in [3.05, 3.63) is 0 Å². The lowest BCUT2D eigenvalue weighted by molar-refractivity contribution is -0.202. The summed E-state index contributed by atoms with van der Waals surface area (Å²) in [6, 6.07) is 1.18. The molecule has 4 nitrogen and oxygen atoms in total. The van der Waals surface area contributed by atoms with Crippen molar-refractivity contribution in [1.29, 1.82) is 0 Å². The van der Waals surface area contributed by atoms with Gasteiger partial charge in [-0.15, -0.1) is 0 Å². The van der Waals surface area contributed by atoms with Crippen molar-refractivity contribution >= 4 is 6.29 Å². The minimum atomic E-state index is -0.293. The van der Waals surface area contributed by atoms with Crippen LogP contribution in [0.3, 0.4) is 0 Å². The summed E-state index contributed by atoms with van der Waals surface area (Å²) in [7, 11) is 0. The fraction of sp³-hybridized carbons (Fsp3) is 0.970. The number of unbranched alkanes of at least 4 members (excludes halogenated alkanes) is 1. The van der Waals surface area contributed by atoms with Crippen molar-refractivity contribution in [3.8, 4) is 0 Å². The zero-order valence-electron chi connectivity index (χ0n) is 25.3. The molecule has 0 bridgehead atoms. The predicted molar refractivity (Wildman–Crippen MR) is 154 cm³/mol. The van der Waals surface area contributed by atoms with Gasteiger partial charge in [0.05, 0.1) is 12.2 Å². The molecule has 0 aromatic carbocycles. The van der Waals surface area contributed by atoms with Crippen LogP contribution < -0.4 is 5.32 Å². The SMILES string of the molecule is CCC(CC)NC1CCC2(C)C(C1)CC(O)C1C2CC(O)C2(C)C(C(C)CCC=O)CCC12.CCCC. The molecule has 3 N–H and O–H groups in total. The Labute approximate surface area is 229 Å². The van der Waals surface area contributed by atoms with Crippen molar-refractivity contribution in [2.75, 3.05) is 0 Å². The van der Waals surface area contributed by atoms with Crippen LogP contribution in [0.2, 0.25) is 0 Å². The summed E-state index contributed by atoms with van der Waals surface area (Å²) in [5, 5.41) is 27.2. The molecule has 0 amide bonds. The summed E-state index contributed by atoms with van der Waals surface area (Å²) in [6.07, 6.45) is 14.7. The molecule has 0 aliphatic heterocycles. The number of nitrogens with one attached hydrogen (secondary N) is 1. The molecule has 4 aliphatic carbocycles. The minimum absolute atomic E-state index is 0.123. The van der Waals surface area contributed by atoms with Crippen LogP contribution in [0.5, 0.6) is 0 Å². The Balaban J connectivity index is 0.000000886. The average Bonchev–Trinajstić information content (AvgIpc) is 3.25. The van der Waals surface area contributed by atoms with Crippen molar-refractivity contribution in [2.45, 2.75) is 156 Å². The number of rotatable bonds is 9. The van der Waals surface area contributed by atoms with Gasteiger partial charge in [0, 0.05) is 18.5 Å². The largest absolute Gasteiger partial charge is 0.393 e. The fourth-order valence-corrected chi connectivity index (χ4v) is 9.70. The van der Waals surface area contributed by atoms with Gasteiger partial charge in [0.2, 0.25) is 0 Å². The summed E-state index contributed by atoms with van der Waals surface area (Å²) in [5.41, 5.74) is 0.113. The van der Waals surface area contributed by atoms with E-state index in [1.54, 1.807) is 0 Å². The molecule has 4 rings (SSSR count). The summed E-state index contributed by atoms with van der Waals surface area (Å²) >= 11 is 0. The van der Waals surface area contributed by atoms with Crippen LogP contribution in [0.15, 0.2) is 0 Å². The highest BCUT2D eigenvalue weighted by molar-refractivity contribution is 5.49. The Morgan fingerprint density at radius 1 is 0.946 bits per heavy atom. The second-order valence-electron chi connectivity index (χ2n) is 14.0. The van der Waals surface area contributed by atoms with Gasteiger partial charge in [-0.3, -0.25) is 0 Å². The van der Waals surface area contributed by atoms with Gasteiger partial charge in [-0.1, -0.05) is 61.3 Å². The molecule has 0 heterocycles. The lowest BCUT2D eigenvalue weighted by Gasteiger charge is -2.64.